The number of ketones is 1. The number of methoxy groups -OCH3 is 2. The molecule has 364 valence electrons. The van der Waals surface area contributed by atoms with Crippen molar-refractivity contribution in [2.24, 2.45) is 5.92 Å². The van der Waals surface area contributed by atoms with E-state index in [1.54, 1.807) is 66.4 Å². The highest BCUT2D eigenvalue weighted by molar-refractivity contribution is 7.98. The van der Waals surface area contributed by atoms with E-state index < -0.39 is 46.7 Å². The van der Waals surface area contributed by atoms with Crippen molar-refractivity contribution in [3.8, 4) is 5.75 Å². The van der Waals surface area contributed by atoms with E-state index in [0.717, 1.165) is 10.6 Å². The Bertz CT molecular complexity index is 2480. The first-order chi connectivity index (χ1) is 32.7. The zero-order valence-corrected chi connectivity index (χ0v) is 38.1. The quantitative estimate of drug-likeness (QED) is 0.0204. The van der Waals surface area contributed by atoms with Crippen LogP contribution in [0.1, 0.15) is 83.0 Å². The molecule has 0 unspecified atom stereocenters. The third-order valence-corrected chi connectivity index (χ3v) is 10.2. The number of esters is 1. The fourth-order valence-electron chi connectivity index (χ4n) is 5.73. The van der Waals surface area contributed by atoms with Crippen molar-refractivity contribution in [3.05, 3.63) is 165 Å². The summed E-state index contributed by atoms with van der Waals surface area (Å²) >= 11 is 1.60. The molecule has 1 fully saturated rings. The van der Waals surface area contributed by atoms with Crippen molar-refractivity contribution >= 4 is 70.7 Å². The van der Waals surface area contributed by atoms with Gasteiger partial charge in [0, 0.05) is 46.9 Å². The van der Waals surface area contributed by atoms with Crippen LogP contribution in [-0.2, 0) is 19.1 Å². The number of carbonyl (C=O) groups excluding carboxylic acids is 2. The van der Waals surface area contributed by atoms with Crippen LogP contribution in [0.3, 0.4) is 0 Å². The lowest BCUT2D eigenvalue weighted by Gasteiger charge is -2.31. The fraction of sp³-hybridized carbons (Fsp3) is 0.208. The maximum absolute atomic E-state index is 12.1. The number of ether oxygens (including phenoxy) is 2. The van der Waals surface area contributed by atoms with Gasteiger partial charge in [0.1, 0.15) is 11.3 Å². The molecule has 1 aliphatic heterocycles. The van der Waals surface area contributed by atoms with Gasteiger partial charge in [-0.3, -0.25) is 29.3 Å². The number of nitrogens with zero attached hydrogens (tertiary/aromatic N) is 2. The standard InChI is InChI=1S/C15H10O5.C12H14N2O4.C8H8O3.C8H8O2S.C5H8O4/c16-13(9-1-5-11(6-2-9)14(17)18)10-3-7-12(8-4-10)15(19)20;15-12(16)9-5-7-13(8-6-9)10-1-3-11(4-2-10)14(17)18;1-11-7-5-3-2-4-6(7)8(9)10;1-11-7-4-2-6(3-5-7)8(9)10;1-9-5(8)3-2-4(6)7/h1-8H,(H,17,18)(H,19,20);1-4,9H,5-8H2,(H,15,16);2*2-5H,1H3,(H,9,10);2-3H2,1H3,(H,6,7). The van der Waals surface area contributed by atoms with Gasteiger partial charge in [0.05, 0.1) is 54.6 Å². The molecule has 0 aromatic heterocycles. The Kier molecular flexibility index (Phi) is 23.9. The van der Waals surface area contributed by atoms with Gasteiger partial charge in [0.15, 0.2) is 5.78 Å². The number of rotatable bonds is 14. The smallest absolute Gasteiger partial charge is 0.339 e. The van der Waals surface area contributed by atoms with Crippen LogP contribution in [0.2, 0.25) is 0 Å². The average Bonchev–Trinajstić information content (AvgIpc) is 3.36. The number of hydrogen-bond acceptors (Lipinski definition) is 14. The number of hydrogen-bond donors (Lipinski definition) is 6. The summed E-state index contributed by atoms with van der Waals surface area (Å²) in [6.45, 7) is 1.35. The maximum Gasteiger partial charge on any atom is 0.339 e. The highest BCUT2D eigenvalue weighted by Crippen LogP contribution is 2.25. The van der Waals surface area contributed by atoms with E-state index in [1.165, 1.54) is 80.9 Å². The molecule has 21 heteroatoms. The van der Waals surface area contributed by atoms with E-state index in [1.807, 2.05) is 6.26 Å². The Labute approximate surface area is 398 Å². The van der Waals surface area contributed by atoms with Gasteiger partial charge in [-0.1, -0.05) is 36.4 Å². The van der Waals surface area contributed by atoms with Crippen LogP contribution in [0.4, 0.5) is 11.4 Å². The predicted molar refractivity (Wildman–Crippen MR) is 250 cm³/mol. The van der Waals surface area contributed by atoms with Crippen molar-refractivity contribution in [2.75, 3.05) is 38.5 Å². The molecule has 0 aliphatic carbocycles. The average molecular weight is 973 g/mol. The fourth-order valence-corrected chi connectivity index (χ4v) is 6.14. The molecule has 0 radical (unpaired) electrons. The molecule has 0 spiro atoms. The van der Waals surface area contributed by atoms with Gasteiger partial charge in [-0.05, 0) is 91.9 Å². The number of nitro groups is 1. The monoisotopic (exact) mass is 972 g/mol. The number of benzene rings is 5. The third kappa shape index (κ3) is 19.8. The van der Waals surface area contributed by atoms with Gasteiger partial charge >= 0.3 is 41.8 Å². The van der Waals surface area contributed by atoms with Crippen molar-refractivity contribution < 1.29 is 83.4 Å². The van der Waals surface area contributed by atoms with Gasteiger partial charge in [0.25, 0.3) is 5.69 Å². The van der Waals surface area contributed by atoms with Crippen molar-refractivity contribution in [1.29, 1.82) is 0 Å². The number of aliphatic carboxylic acids is 2. The van der Waals surface area contributed by atoms with E-state index in [4.69, 9.17) is 35.4 Å². The molecule has 6 N–H and O–H groups in total. The molecule has 69 heavy (non-hydrogen) atoms. The number of thioether (sulfide) groups is 1. The van der Waals surface area contributed by atoms with Crippen LogP contribution in [-0.4, -0.2) is 117 Å². The summed E-state index contributed by atoms with van der Waals surface area (Å²) < 4.78 is 9.02. The lowest BCUT2D eigenvalue weighted by Crippen LogP contribution is -2.36. The lowest BCUT2D eigenvalue weighted by molar-refractivity contribution is -0.384. The van der Waals surface area contributed by atoms with Crippen LogP contribution in [0, 0.1) is 16.0 Å². The Morgan fingerprint density at radius 3 is 1.39 bits per heavy atom. The summed E-state index contributed by atoms with van der Waals surface area (Å²) in [6.07, 6.45) is 2.98. The van der Waals surface area contributed by atoms with Crippen molar-refractivity contribution in [1.82, 2.24) is 0 Å². The lowest BCUT2D eigenvalue weighted by atomic mass is 9.97. The van der Waals surface area contributed by atoms with Crippen LogP contribution < -0.4 is 9.64 Å². The highest BCUT2D eigenvalue weighted by atomic mass is 32.2. The minimum atomic E-state index is -1.06. The molecule has 0 bridgehead atoms. The zero-order valence-electron chi connectivity index (χ0n) is 37.3. The van der Waals surface area contributed by atoms with Gasteiger partial charge in [-0.25, -0.2) is 19.2 Å². The number of aromatic carboxylic acids is 4. The second kappa shape index (κ2) is 29.1. The molecule has 1 heterocycles. The molecular weight excluding hydrogens is 925 g/mol. The third-order valence-electron chi connectivity index (χ3n) is 9.50. The topological polar surface area (TPSA) is 323 Å². The van der Waals surface area contributed by atoms with Crippen LogP contribution in [0.5, 0.6) is 5.75 Å². The summed E-state index contributed by atoms with van der Waals surface area (Å²) in [7, 11) is 2.67. The summed E-state index contributed by atoms with van der Waals surface area (Å²) in [5, 5.41) is 62.2. The normalized spacial score (nSPS) is 11.3. The van der Waals surface area contributed by atoms with E-state index in [2.05, 4.69) is 9.64 Å². The van der Waals surface area contributed by atoms with Crippen LogP contribution in [0.15, 0.2) is 126 Å². The molecule has 20 nitrogen and oxygen atoms in total. The molecule has 1 aliphatic rings. The Morgan fingerprint density at radius 1 is 0.609 bits per heavy atom. The zero-order chi connectivity index (χ0) is 51.6. The Morgan fingerprint density at radius 2 is 1.04 bits per heavy atom. The minimum Gasteiger partial charge on any atom is -0.496 e. The number of carboxylic acid groups (broad SMARTS) is 6. The number of carboxylic acids is 6. The Balaban J connectivity index is 0.000000307. The number of non-ortho nitro benzene ring substituents is 1. The second-order valence-electron chi connectivity index (χ2n) is 14.0. The van der Waals surface area contributed by atoms with Crippen LogP contribution >= 0.6 is 11.8 Å². The first kappa shape index (κ1) is 56.5. The van der Waals surface area contributed by atoms with E-state index in [9.17, 15) is 48.5 Å². The van der Waals surface area contributed by atoms with Gasteiger partial charge in [-0.2, -0.15) is 0 Å². The van der Waals surface area contributed by atoms with E-state index in [0.29, 0.717) is 48.4 Å². The molecular formula is C48H48N2O18S. The molecule has 0 amide bonds. The van der Waals surface area contributed by atoms with Crippen LogP contribution in [0.25, 0.3) is 0 Å². The minimum absolute atomic E-state index is 0.0498. The molecule has 5 aromatic rings. The Hall–Kier alpha value is -8.59. The molecule has 0 saturated carbocycles. The maximum atomic E-state index is 12.1. The first-order valence-corrected chi connectivity index (χ1v) is 21.4. The van der Waals surface area contributed by atoms with E-state index >= 15 is 0 Å². The summed E-state index contributed by atoms with van der Waals surface area (Å²) in [5.74, 6) is -6.35. The molecule has 0 atom stereocenters. The molecule has 5 aromatic carbocycles. The van der Waals surface area contributed by atoms with Gasteiger partial charge in [0.2, 0.25) is 0 Å². The number of carbonyl (C=O) groups is 8. The predicted octanol–water partition coefficient (Wildman–Crippen LogP) is 7.73. The summed E-state index contributed by atoms with van der Waals surface area (Å²) in [5.41, 5.74) is 2.39. The largest absolute Gasteiger partial charge is 0.496 e. The number of anilines is 1. The second-order valence-corrected chi connectivity index (χ2v) is 14.9. The SMILES string of the molecule is COC(=O)CCC(=O)O.COc1ccccc1C(=O)O.CSc1ccc(C(=O)O)cc1.O=C(O)C1CCN(c2ccc([N+](=O)[O-])cc2)CC1.O=C(O)c1ccc(C(=O)c2ccc(C(=O)O)cc2)cc1. The number of nitro benzene ring substituents is 1. The van der Waals surface area contributed by atoms with Gasteiger partial charge < -0.3 is 45.0 Å². The van der Waals surface area contributed by atoms with Crippen molar-refractivity contribution in [2.45, 2.75) is 30.6 Å². The van der Waals surface area contributed by atoms with Crippen molar-refractivity contribution in [3.63, 3.8) is 0 Å². The summed E-state index contributed by atoms with van der Waals surface area (Å²) in [6, 6.07) is 30.8. The number of para-hydroxylation sites is 1. The van der Waals surface area contributed by atoms with E-state index in [-0.39, 0.29) is 46.9 Å². The molecule has 6 rings (SSSR count). The first-order valence-electron chi connectivity index (χ1n) is 20.2. The van der Waals surface area contributed by atoms with Gasteiger partial charge in [-0.15, -0.1) is 11.8 Å². The molecule has 1 saturated heterocycles. The summed E-state index contributed by atoms with van der Waals surface area (Å²) in [4.78, 5) is 98.5. The highest BCUT2D eigenvalue weighted by Gasteiger charge is 2.24. The number of piperidine rings is 1.